The van der Waals surface area contributed by atoms with E-state index in [1.54, 1.807) is 0 Å². The molecule has 5 heteroatoms. The van der Waals surface area contributed by atoms with Gasteiger partial charge < -0.3 is 19.8 Å². The van der Waals surface area contributed by atoms with Crippen LogP contribution in [0.4, 0.5) is 5.69 Å². The van der Waals surface area contributed by atoms with Gasteiger partial charge in [-0.1, -0.05) is 54.6 Å². The van der Waals surface area contributed by atoms with E-state index in [1.165, 1.54) is 0 Å². The van der Waals surface area contributed by atoms with Crippen molar-refractivity contribution in [3.8, 4) is 5.75 Å². The summed E-state index contributed by atoms with van der Waals surface area (Å²) < 4.78 is 5.86. The van der Waals surface area contributed by atoms with E-state index in [9.17, 15) is 10.2 Å². The summed E-state index contributed by atoms with van der Waals surface area (Å²) in [6.07, 6.45) is -0.661. The predicted molar refractivity (Wildman–Crippen MR) is 108 cm³/mol. The number of benzene rings is 3. The lowest BCUT2D eigenvalue weighted by Crippen LogP contribution is -2.37. The molecule has 0 radical (unpaired) electrons. The molecule has 0 fully saturated rings. The number of hydrogen-bond acceptors (Lipinski definition) is 4. The van der Waals surface area contributed by atoms with Crippen LogP contribution in [0.1, 0.15) is 0 Å². The standard InChI is InChI=1S/C21H23NO3.ClH/c23-14-13-22(18-9-2-1-3-10-18)15-19(24)16-25-21-12-6-8-17-7-4-5-11-20(17)21;/h1-12,19,23-24H,13-16H2;1H. The van der Waals surface area contributed by atoms with E-state index in [0.29, 0.717) is 13.1 Å². The van der Waals surface area contributed by atoms with Crippen molar-refractivity contribution < 1.29 is 14.9 Å². The van der Waals surface area contributed by atoms with Gasteiger partial charge in [-0.2, -0.15) is 0 Å². The molecule has 0 aliphatic heterocycles. The Kier molecular flexibility index (Phi) is 7.73. The summed E-state index contributed by atoms with van der Waals surface area (Å²) in [5.74, 6) is 0.769. The summed E-state index contributed by atoms with van der Waals surface area (Å²) >= 11 is 0. The molecule has 4 nitrogen and oxygen atoms in total. The molecule has 0 amide bonds. The smallest absolute Gasteiger partial charge is 0.127 e. The van der Waals surface area contributed by atoms with Crippen LogP contribution in [0, 0.1) is 0 Å². The van der Waals surface area contributed by atoms with Gasteiger partial charge in [-0.25, -0.2) is 0 Å². The minimum absolute atomic E-state index is 0. The molecule has 3 aromatic carbocycles. The third-order valence-corrected chi connectivity index (χ3v) is 4.10. The van der Waals surface area contributed by atoms with Crippen molar-refractivity contribution in [1.82, 2.24) is 0 Å². The van der Waals surface area contributed by atoms with Gasteiger partial charge in [0.15, 0.2) is 0 Å². The summed E-state index contributed by atoms with van der Waals surface area (Å²) in [4.78, 5) is 1.96. The monoisotopic (exact) mass is 373 g/mol. The molecule has 26 heavy (non-hydrogen) atoms. The van der Waals surface area contributed by atoms with E-state index in [1.807, 2.05) is 77.7 Å². The topological polar surface area (TPSA) is 52.9 Å². The average Bonchev–Trinajstić information content (AvgIpc) is 2.66. The van der Waals surface area contributed by atoms with Crippen LogP contribution in [0.25, 0.3) is 10.8 Å². The minimum atomic E-state index is -0.661. The highest BCUT2D eigenvalue weighted by atomic mass is 35.5. The molecule has 1 atom stereocenters. The molecule has 138 valence electrons. The van der Waals surface area contributed by atoms with Crippen molar-refractivity contribution in [2.75, 3.05) is 31.2 Å². The van der Waals surface area contributed by atoms with Crippen molar-refractivity contribution >= 4 is 28.9 Å². The molecule has 2 N–H and O–H groups in total. The number of rotatable bonds is 8. The van der Waals surface area contributed by atoms with Gasteiger partial charge in [-0.3, -0.25) is 0 Å². The van der Waals surface area contributed by atoms with Crippen LogP contribution < -0.4 is 9.64 Å². The highest BCUT2D eigenvalue weighted by molar-refractivity contribution is 5.88. The molecule has 3 rings (SSSR count). The highest BCUT2D eigenvalue weighted by Crippen LogP contribution is 2.25. The van der Waals surface area contributed by atoms with Gasteiger partial charge in [0.05, 0.1) is 6.61 Å². The summed E-state index contributed by atoms with van der Waals surface area (Å²) in [5.41, 5.74) is 0.973. The Morgan fingerprint density at radius 2 is 1.58 bits per heavy atom. The first-order valence-corrected chi connectivity index (χ1v) is 8.47. The molecule has 0 saturated carbocycles. The SMILES string of the molecule is Cl.OCCN(CC(O)COc1cccc2ccccc12)c1ccccc1. The normalized spacial score (nSPS) is 11.6. The largest absolute Gasteiger partial charge is 0.490 e. The van der Waals surface area contributed by atoms with Crippen LogP contribution in [0.15, 0.2) is 72.8 Å². The first kappa shape index (κ1) is 20.0. The number of halogens is 1. The van der Waals surface area contributed by atoms with Crippen LogP contribution in [-0.4, -0.2) is 42.6 Å². The maximum absolute atomic E-state index is 10.4. The molecular formula is C21H24ClNO3. The Morgan fingerprint density at radius 1 is 0.885 bits per heavy atom. The fraction of sp³-hybridized carbons (Fsp3) is 0.238. The number of hydrogen-bond donors (Lipinski definition) is 2. The van der Waals surface area contributed by atoms with Gasteiger partial charge in [-0.15, -0.1) is 12.4 Å². The first-order valence-electron chi connectivity index (χ1n) is 8.47. The van der Waals surface area contributed by atoms with Crippen LogP contribution in [0.3, 0.4) is 0 Å². The summed E-state index contributed by atoms with van der Waals surface area (Å²) in [5, 5.41) is 21.8. The Morgan fingerprint density at radius 3 is 2.35 bits per heavy atom. The fourth-order valence-electron chi connectivity index (χ4n) is 2.90. The van der Waals surface area contributed by atoms with E-state index in [0.717, 1.165) is 22.2 Å². The van der Waals surface area contributed by atoms with E-state index in [4.69, 9.17) is 4.74 Å². The lowest BCUT2D eigenvalue weighted by Gasteiger charge is -2.26. The molecule has 0 bridgehead atoms. The summed E-state index contributed by atoms with van der Waals surface area (Å²) in [6, 6.07) is 23.7. The van der Waals surface area contributed by atoms with Crippen LogP contribution in [0.2, 0.25) is 0 Å². The molecule has 0 aliphatic carbocycles. The summed E-state index contributed by atoms with van der Waals surface area (Å²) in [6.45, 7) is 1.10. The Bertz CT molecular complexity index is 792. The number of aliphatic hydroxyl groups excluding tert-OH is 2. The fourth-order valence-corrected chi connectivity index (χ4v) is 2.90. The van der Waals surface area contributed by atoms with Gasteiger partial charge in [0.1, 0.15) is 18.5 Å². The number of aliphatic hydroxyl groups is 2. The minimum Gasteiger partial charge on any atom is -0.490 e. The van der Waals surface area contributed by atoms with Crippen LogP contribution in [0.5, 0.6) is 5.75 Å². The molecular weight excluding hydrogens is 350 g/mol. The van der Waals surface area contributed by atoms with Gasteiger partial charge in [0.2, 0.25) is 0 Å². The van der Waals surface area contributed by atoms with Crippen molar-refractivity contribution in [2.24, 2.45) is 0 Å². The zero-order valence-corrected chi connectivity index (χ0v) is 15.3. The molecule has 0 heterocycles. The van der Waals surface area contributed by atoms with Crippen molar-refractivity contribution in [3.05, 3.63) is 72.8 Å². The van der Waals surface area contributed by atoms with Crippen LogP contribution >= 0.6 is 12.4 Å². The maximum atomic E-state index is 10.4. The Labute approximate surface area is 160 Å². The van der Waals surface area contributed by atoms with Crippen molar-refractivity contribution in [2.45, 2.75) is 6.10 Å². The van der Waals surface area contributed by atoms with Crippen LogP contribution in [-0.2, 0) is 0 Å². The number of para-hydroxylation sites is 1. The number of anilines is 1. The molecule has 0 saturated heterocycles. The number of ether oxygens (including phenoxy) is 1. The maximum Gasteiger partial charge on any atom is 0.127 e. The van der Waals surface area contributed by atoms with E-state index in [2.05, 4.69) is 0 Å². The predicted octanol–water partition coefficient (Wildman–Crippen LogP) is 3.50. The number of nitrogens with zero attached hydrogens (tertiary/aromatic N) is 1. The van der Waals surface area contributed by atoms with Gasteiger partial charge in [0.25, 0.3) is 0 Å². The van der Waals surface area contributed by atoms with Gasteiger partial charge >= 0.3 is 0 Å². The second-order valence-corrected chi connectivity index (χ2v) is 5.95. The van der Waals surface area contributed by atoms with E-state index >= 15 is 0 Å². The second kappa shape index (κ2) is 10.0. The Hall–Kier alpha value is -2.27. The quantitative estimate of drug-likeness (QED) is 0.634. The zero-order valence-electron chi connectivity index (χ0n) is 14.5. The average molecular weight is 374 g/mol. The zero-order chi connectivity index (χ0) is 17.5. The lowest BCUT2D eigenvalue weighted by molar-refractivity contribution is 0.112. The molecule has 0 spiro atoms. The lowest BCUT2D eigenvalue weighted by atomic mass is 10.1. The second-order valence-electron chi connectivity index (χ2n) is 5.95. The molecule has 3 aromatic rings. The van der Waals surface area contributed by atoms with Gasteiger partial charge in [-0.05, 0) is 23.6 Å². The van der Waals surface area contributed by atoms with E-state index in [-0.39, 0.29) is 25.6 Å². The highest BCUT2D eigenvalue weighted by Gasteiger charge is 2.13. The molecule has 0 aromatic heterocycles. The molecule has 1 unspecified atom stereocenters. The molecule has 0 aliphatic rings. The third kappa shape index (κ3) is 5.11. The summed E-state index contributed by atoms with van der Waals surface area (Å²) in [7, 11) is 0. The third-order valence-electron chi connectivity index (χ3n) is 4.10. The first-order chi connectivity index (χ1) is 12.3. The van der Waals surface area contributed by atoms with Crippen molar-refractivity contribution in [1.29, 1.82) is 0 Å². The number of fused-ring (bicyclic) bond motifs is 1. The van der Waals surface area contributed by atoms with E-state index < -0.39 is 6.10 Å². The van der Waals surface area contributed by atoms with Crippen molar-refractivity contribution in [3.63, 3.8) is 0 Å². The Balaban J connectivity index is 0.00000243. The van der Waals surface area contributed by atoms with Gasteiger partial charge in [0, 0.05) is 24.2 Å².